The lowest BCUT2D eigenvalue weighted by molar-refractivity contribution is -0.0765. The van der Waals surface area contributed by atoms with Crippen LogP contribution in [-0.2, 0) is 13.6 Å². The third kappa shape index (κ3) is 5.24. The normalized spacial score (nSPS) is 29.3. The standard InChI is InChI=1S/C21H43N2O3P/c1-18(2)12-16(13-19(3,4)22(18)9)25-27(24-11)26-17-14-20(5,6)23(10)21(7,8)15-17/h16-17H,12-15H2,1-11H3. The molecule has 27 heavy (non-hydrogen) atoms. The molecule has 0 aliphatic carbocycles. The fourth-order valence-corrected chi connectivity index (χ4v) is 6.07. The van der Waals surface area contributed by atoms with Gasteiger partial charge in [0.25, 0.3) is 0 Å². The van der Waals surface area contributed by atoms with Gasteiger partial charge in [-0.15, -0.1) is 0 Å². The Hall–Kier alpha value is 0.230. The van der Waals surface area contributed by atoms with E-state index in [2.05, 4.69) is 79.3 Å². The summed E-state index contributed by atoms with van der Waals surface area (Å²) in [5.74, 6) is 0. The minimum Gasteiger partial charge on any atom is -0.316 e. The van der Waals surface area contributed by atoms with Crippen LogP contribution in [0.2, 0.25) is 0 Å². The summed E-state index contributed by atoms with van der Waals surface area (Å²) < 4.78 is 18.5. The van der Waals surface area contributed by atoms with Gasteiger partial charge in [-0.3, -0.25) is 9.80 Å². The van der Waals surface area contributed by atoms with E-state index in [1.807, 2.05) is 0 Å². The van der Waals surface area contributed by atoms with Crippen LogP contribution in [0.1, 0.15) is 81.1 Å². The Morgan fingerprint density at radius 2 is 0.889 bits per heavy atom. The SMILES string of the molecule is COP(OC1CC(C)(C)N(C)C(C)(C)C1)OC1CC(C)(C)N(C)C(C)(C)C1. The lowest BCUT2D eigenvalue weighted by Gasteiger charge is -2.54. The first-order chi connectivity index (χ1) is 12.1. The van der Waals surface area contributed by atoms with E-state index >= 15 is 0 Å². The molecule has 160 valence electrons. The van der Waals surface area contributed by atoms with E-state index in [4.69, 9.17) is 13.6 Å². The molecule has 0 aromatic carbocycles. The first-order valence-electron chi connectivity index (χ1n) is 10.3. The average molecular weight is 403 g/mol. The van der Waals surface area contributed by atoms with Gasteiger partial charge in [0.05, 0.1) is 12.2 Å². The number of hydrogen-bond donors (Lipinski definition) is 0. The Morgan fingerprint density at radius 3 is 1.11 bits per heavy atom. The van der Waals surface area contributed by atoms with Crippen LogP contribution in [0.15, 0.2) is 0 Å². The molecule has 0 unspecified atom stereocenters. The van der Waals surface area contributed by atoms with Crippen LogP contribution in [0, 0.1) is 0 Å². The van der Waals surface area contributed by atoms with Crippen molar-refractivity contribution in [1.82, 2.24) is 9.80 Å². The van der Waals surface area contributed by atoms with E-state index in [9.17, 15) is 0 Å². The van der Waals surface area contributed by atoms with Gasteiger partial charge >= 0.3 is 8.60 Å². The smallest absolute Gasteiger partial charge is 0.316 e. The largest absolute Gasteiger partial charge is 0.332 e. The van der Waals surface area contributed by atoms with Crippen molar-refractivity contribution in [3.05, 3.63) is 0 Å². The molecule has 2 saturated heterocycles. The highest BCUT2D eigenvalue weighted by molar-refractivity contribution is 7.41. The molecule has 2 aliphatic heterocycles. The van der Waals surface area contributed by atoms with Crippen molar-refractivity contribution in [2.24, 2.45) is 0 Å². The summed E-state index contributed by atoms with van der Waals surface area (Å²) >= 11 is 0. The van der Waals surface area contributed by atoms with E-state index in [1.165, 1.54) is 0 Å². The van der Waals surface area contributed by atoms with E-state index in [1.54, 1.807) is 7.11 Å². The fraction of sp³-hybridized carbons (Fsp3) is 1.00. The minimum atomic E-state index is -1.34. The molecule has 2 heterocycles. The van der Waals surface area contributed by atoms with Crippen LogP contribution in [0.5, 0.6) is 0 Å². The predicted octanol–water partition coefficient (Wildman–Crippen LogP) is 5.20. The maximum atomic E-state index is 6.41. The average Bonchev–Trinajstić information content (AvgIpc) is 2.48. The molecule has 0 radical (unpaired) electrons. The molecule has 2 aliphatic rings. The van der Waals surface area contributed by atoms with Gasteiger partial charge in [0.15, 0.2) is 0 Å². The van der Waals surface area contributed by atoms with Crippen molar-refractivity contribution < 1.29 is 13.6 Å². The zero-order chi connectivity index (χ0) is 20.8. The molecule has 0 saturated carbocycles. The molecule has 0 amide bonds. The van der Waals surface area contributed by atoms with Crippen molar-refractivity contribution in [3.8, 4) is 0 Å². The molecule has 0 aromatic heterocycles. The maximum absolute atomic E-state index is 6.41. The van der Waals surface area contributed by atoms with E-state index < -0.39 is 8.60 Å². The van der Waals surface area contributed by atoms with Crippen LogP contribution >= 0.6 is 8.60 Å². The first-order valence-corrected chi connectivity index (χ1v) is 11.4. The lowest BCUT2D eigenvalue weighted by Crippen LogP contribution is -2.60. The van der Waals surface area contributed by atoms with Crippen molar-refractivity contribution >= 4 is 8.60 Å². The molecule has 0 bridgehead atoms. The van der Waals surface area contributed by atoms with Crippen LogP contribution in [0.25, 0.3) is 0 Å². The number of hydrogen-bond acceptors (Lipinski definition) is 5. The van der Waals surface area contributed by atoms with E-state index in [0.29, 0.717) is 0 Å². The van der Waals surface area contributed by atoms with E-state index in [-0.39, 0.29) is 34.4 Å². The van der Waals surface area contributed by atoms with Crippen molar-refractivity contribution in [2.45, 2.75) is 115 Å². The van der Waals surface area contributed by atoms with Gasteiger partial charge in [-0.05, 0) is 95.2 Å². The highest BCUT2D eigenvalue weighted by Gasteiger charge is 2.46. The first kappa shape index (κ1) is 23.5. The van der Waals surface area contributed by atoms with Crippen LogP contribution < -0.4 is 0 Å². The highest BCUT2D eigenvalue weighted by Crippen LogP contribution is 2.50. The summed E-state index contributed by atoms with van der Waals surface area (Å²) in [5.41, 5.74) is 0.384. The Balaban J connectivity index is 2.04. The molecule has 6 heteroatoms. The second-order valence-electron chi connectivity index (χ2n) is 11.0. The highest BCUT2D eigenvalue weighted by atomic mass is 31.2. The van der Waals surface area contributed by atoms with Crippen molar-refractivity contribution in [1.29, 1.82) is 0 Å². The predicted molar refractivity (Wildman–Crippen MR) is 114 cm³/mol. The second-order valence-corrected chi connectivity index (χ2v) is 12.3. The van der Waals surface area contributed by atoms with Gasteiger partial charge < -0.3 is 13.6 Å². The summed E-state index contributed by atoms with van der Waals surface area (Å²) in [6.07, 6.45) is 4.27. The third-order valence-electron chi connectivity index (χ3n) is 7.16. The Kier molecular flexibility index (Phi) is 6.80. The van der Waals surface area contributed by atoms with Gasteiger partial charge in [0.1, 0.15) is 0 Å². The molecule has 0 N–H and O–H groups in total. The Bertz CT molecular complexity index is 442. The second kappa shape index (κ2) is 7.81. The molecule has 2 fully saturated rings. The van der Waals surface area contributed by atoms with Gasteiger partial charge in [0, 0.05) is 29.3 Å². The van der Waals surface area contributed by atoms with Crippen molar-refractivity contribution in [3.63, 3.8) is 0 Å². The summed E-state index contributed by atoms with van der Waals surface area (Å²) in [6.45, 7) is 18.4. The molecular formula is C21H43N2O3P. The minimum absolute atomic E-state index is 0.0959. The number of rotatable bonds is 5. The molecule has 0 spiro atoms. The van der Waals surface area contributed by atoms with Crippen LogP contribution in [0.4, 0.5) is 0 Å². The van der Waals surface area contributed by atoms with Crippen LogP contribution in [-0.4, -0.2) is 65.4 Å². The monoisotopic (exact) mass is 402 g/mol. The summed E-state index contributed by atoms with van der Waals surface area (Å²) in [7, 11) is 4.81. The zero-order valence-electron chi connectivity index (χ0n) is 19.5. The molecule has 2 rings (SSSR count). The van der Waals surface area contributed by atoms with Crippen molar-refractivity contribution in [2.75, 3.05) is 21.2 Å². The third-order valence-corrected chi connectivity index (χ3v) is 8.40. The summed E-state index contributed by atoms with van der Waals surface area (Å²) in [4.78, 5) is 4.94. The maximum Gasteiger partial charge on any atom is 0.332 e. The molecule has 5 nitrogen and oxygen atoms in total. The van der Waals surface area contributed by atoms with E-state index in [0.717, 1.165) is 25.7 Å². The fourth-order valence-electron chi connectivity index (χ4n) is 5.06. The number of piperidine rings is 2. The van der Waals surface area contributed by atoms with Gasteiger partial charge in [-0.1, -0.05) is 0 Å². The molecule has 0 aromatic rings. The number of nitrogens with zero attached hydrogens (tertiary/aromatic N) is 2. The van der Waals surface area contributed by atoms with Gasteiger partial charge in [-0.25, -0.2) is 0 Å². The Labute approximate surface area is 169 Å². The molecule has 0 atom stereocenters. The van der Waals surface area contributed by atoms with Gasteiger partial charge in [0.2, 0.25) is 0 Å². The summed E-state index contributed by atoms with van der Waals surface area (Å²) in [5, 5.41) is 0. The topological polar surface area (TPSA) is 34.2 Å². The summed E-state index contributed by atoms with van der Waals surface area (Å²) in [6, 6.07) is 0. The Morgan fingerprint density at radius 1 is 0.630 bits per heavy atom. The molecular weight excluding hydrogens is 359 g/mol. The zero-order valence-corrected chi connectivity index (χ0v) is 20.4. The van der Waals surface area contributed by atoms with Crippen LogP contribution in [0.3, 0.4) is 0 Å². The number of likely N-dealkylation sites (tertiary alicyclic amines) is 2. The lowest BCUT2D eigenvalue weighted by atomic mass is 9.79. The quantitative estimate of drug-likeness (QED) is 0.591. The van der Waals surface area contributed by atoms with Gasteiger partial charge in [-0.2, -0.15) is 0 Å².